The van der Waals surface area contributed by atoms with Crippen LogP contribution in [0.5, 0.6) is 0 Å². The van der Waals surface area contributed by atoms with Crippen LogP contribution in [0, 0.1) is 11.8 Å². The lowest BCUT2D eigenvalue weighted by Gasteiger charge is -2.32. The highest BCUT2D eigenvalue weighted by molar-refractivity contribution is 6.30. The van der Waals surface area contributed by atoms with Crippen molar-refractivity contribution >= 4 is 23.5 Å². The normalized spacial score (nSPS) is 15.5. The monoisotopic (exact) mass is 404 g/mol. The Morgan fingerprint density at radius 1 is 1.07 bits per heavy atom. The smallest absolute Gasteiger partial charge is 0.350 e. The van der Waals surface area contributed by atoms with Crippen molar-refractivity contribution in [3.63, 3.8) is 0 Å². The first-order chi connectivity index (χ1) is 13.2. The van der Waals surface area contributed by atoms with Crippen LogP contribution in [-0.2, 0) is 20.7 Å². The second kappa shape index (κ2) is 9.22. The number of ether oxygens (including phenoxy) is 1. The van der Waals surface area contributed by atoms with Crippen LogP contribution in [0.4, 0.5) is 0 Å². The quantitative estimate of drug-likeness (QED) is 0.507. The van der Waals surface area contributed by atoms with Crippen molar-refractivity contribution < 1.29 is 24.5 Å². The molecule has 0 amide bonds. The molecule has 0 spiro atoms. The summed E-state index contributed by atoms with van der Waals surface area (Å²) >= 11 is 6.05. The Morgan fingerprint density at radius 3 is 2.25 bits per heavy atom. The van der Waals surface area contributed by atoms with E-state index in [0.717, 1.165) is 5.56 Å². The molecule has 2 N–H and O–H groups in total. The molecule has 2 rings (SSSR count). The molecule has 28 heavy (non-hydrogen) atoms. The minimum Gasteiger partial charge on any atom is -0.479 e. The van der Waals surface area contributed by atoms with E-state index < -0.39 is 29.6 Å². The molecule has 2 aromatic carbocycles. The molecule has 5 nitrogen and oxygen atoms in total. The van der Waals surface area contributed by atoms with Crippen molar-refractivity contribution in [1.82, 2.24) is 0 Å². The Kier molecular flexibility index (Phi) is 7.22. The molecule has 0 saturated heterocycles. The summed E-state index contributed by atoms with van der Waals surface area (Å²) in [7, 11) is 0. The van der Waals surface area contributed by atoms with Gasteiger partial charge in [0.2, 0.25) is 0 Å². The zero-order valence-electron chi connectivity index (χ0n) is 16.1. The Morgan fingerprint density at radius 2 is 1.71 bits per heavy atom. The number of hydrogen-bond donors (Lipinski definition) is 2. The summed E-state index contributed by atoms with van der Waals surface area (Å²) in [5, 5.41) is 20.8. The molecule has 3 atom stereocenters. The predicted octanol–water partition coefficient (Wildman–Crippen LogP) is 4.27. The van der Waals surface area contributed by atoms with E-state index in [-0.39, 0.29) is 5.92 Å². The number of carbonyl (C=O) groups excluding carboxylic acids is 1. The average molecular weight is 405 g/mol. The van der Waals surface area contributed by atoms with Gasteiger partial charge in [0.1, 0.15) is 6.10 Å². The lowest BCUT2D eigenvalue weighted by atomic mass is 9.81. The van der Waals surface area contributed by atoms with Gasteiger partial charge in [-0.25, -0.2) is 9.59 Å². The van der Waals surface area contributed by atoms with Gasteiger partial charge in [0.05, 0.1) is 0 Å². The van der Waals surface area contributed by atoms with Crippen LogP contribution >= 0.6 is 11.6 Å². The van der Waals surface area contributed by atoms with Crippen LogP contribution in [0.2, 0.25) is 5.02 Å². The van der Waals surface area contributed by atoms with Crippen molar-refractivity contribution in [2.24, 2.45) is 11.8 Å². The third-order valence-electron chi connectivity index (χ3n) is 5.03. The Labute approximate surface area is 169 Å². The van der Waals surface area contributed by atoms with Crippen molar-refractivity contribution in [2.75, 3.05) is 0 Å². The van der Waals surface area contributed by atoms with Crippen LogP contribution in [-0.4, -0.2) is 27.8 Å². The van der Waals surface area contributed by atoms with Crippen LogP contribution in [0.25, 0.3) is 0 Å². The molecule has 0 aliphatic rings. The SMILES string of the molecule is CC(C)C(C)[C@](O)(C(=O)O)C(=O)OC(Cc1cccc(Cl)c1)c1ccccc1. The zero-order valence-corrected chi connectivity index (χ0v) is 16.9. The topological polar surface area (TPSA) is 83.8 Å². The van der Waals surface area contributed by atoms with Gasteiger partial charge >= 0.3 is 11.9 Å². The van der Waals surface area contributed by atoms with E-state index in [1.807, 2.05) is 12.1 Å². The molecular formula is C22H25ClO5. The minimum atomic E-state index is -2.63. The fourth-order valence-corrected chi connectivity index (χ4v) is 3.16. The maximum atomic E-state index is 12.8. The van der Waals surface area contributed by atoms with E-state index in [0.29, 0.717) is 17.0 Å². The Hall–Kier alpha value is -2.37. The van der Waals surface area contributed by atoms with Crippen LogP contribution < -0.4 is 0 Å². The lowest BCUT2D eigenvalue weighted by molar-refractivity contribution is -0.192. The molecule has 0 aliphatic carbocycles. The van der Waals surface area contributed by atoms with E-state index in [2.05, 4.69) is 0 Å². The molecule has 0 saturated carbocycles. The first-order valence-electron chi connectivity index (χ1n) is 9.12. The molecule has 0 radical (unpaired) electrons. The fraction of sp³-hybridized carbons (Fsp3) is 0.364. The highest BCUT2D eigenvalue weighted by Crippen LogP contribution is 2.31. The van der Waals surface area contributed by atoms with Crippen molar-refractivity contribution in [1.29, 1.82) is 0 Å². The molecule has 0 aromatic heterocycles. The number of carboxylic acids is 1. The molecular weight excluding hydrogens is 380 g/mol. The fourth-order valence-electron chi connectivity index (χ4n) is 2.94. The summed E-state index contributed by atoms with van der Waals surface area (Å²) in [5.41, 5.74) is -1.11. The highest BCUT2D eigenvalue weighted by atomic mass is 35.5. The molecule has 150 valence electrons. The van der Waals surface area contributed by atoms with Gasteiger partial charge in [-0.05, 0) is 29.2 Å². The maximum Gasteiger partial charge on any atom is 0.350 e. The Balaban J connectivity index is 2.35. The number of esters is 1. The minimum absolute atomic E-state index is 0.239. The van der Waals surface area contributed by atoms with Crippen LogP contribution in [0.3, 0.4) is 0 Å². The van der Waals surface area contributed by atoms with Gasteiger partial charge in [0, 0.05) is 17.4 Å². The van der Waals surface area contributed by atoms with Gasteiger partial charge in [0.15, 0.2) is 0 Å². The van der Waals surface area contributed by atoms with Crippen molar-refractivity contribution in [2.45, 2.75) is 38.9 Å². The van der Waals surface area contributed by atoms with Crippen LogP contribution in [0.15, 0.2) is 54.6 Å². The second-order valence-electron chi connectivity index (χ2n) is 7.24. The predicted molar refractivity (Wildman–Crippen MR) is 107 cm³/mol. The number of aliphatic hydroxyl groups is 1. The number of benzene rings is 2. The third kappa shape index (κ3) is 4.91. The summed E-state index contributed by atoms with van der Waals surface area (Å²) in [5.74, 6) is -3.86. The van der Waals surface area contributed by atoms with Crippen LogP contribution in [0.1, 0.15) is 38.0 Å². The third-order valence-corrected chi connectivity index (χ3v) is 5.26. The van der Waals surface area contributed by atoms with E-state index in [4.69, 9.17) is 16.3 Å². The number of aliphatic carboxylic acids is 1. The second-order valence-corrected chi connectivity index (χ2v) is 7.68. The summed E-state index contributed by atoms with van der Waals surface area (Å²) in [6, 6.07) is 16.1. The molecule has 0 bridgehead atoms. The number of rotatable bonds is 8. The van der Waals surface area contributed by atoms with Gasteiger partial charge in [-0.2, -0.15) is 0 Å². The molecule has 0 fully saturated rings. The van der Waals surface area contributed by atoms with E-state index in [1.165, 1.54) is 6.92 Å². The van der Waals surface area contributed by atoms with Gasteiger partial charge in [0.25, 0.3) is 5.60 Å². The van der Waals surface area contributed by atoms with Gasteiger partial charge in [-0.3, -0.25) is 0 Å². The van der Waals surface area contributed by atoms with Gasteiger partial charge < -0.3 is 14.9 Å². The lowest BCUT2D eigenvalue weighted by Crippen LogP contribution is -2.54. The number of carboxylic acid groups (broad SMARTS) is 1. The summed E-state index contributed by atoms with van der Waals surface area (Å²) in [4.78, 5) is 24.6. The largest absolute Gasteiger partial charge is 0.479 e. The van der Waals surface area contributed by atoms with E-state index in [1.54, 1.807) is 56.3 Å². The summed E-state index contributed by atoms with van der Waals surface area (Å²) in [6.07, 6.45) is -0.473. The number of carbonyl (C=O) groups is 2. The average Bonchev–Trinajstić information content (AvgIpc) is 2.66. The van der Waals surface area contributed by atoms with Crippen molar-refractivity contribution in [3.8, 4) is 0 Å². The molecule has 2 unspecified atom stereocenters. The highest BCUT2D eigenvalue weighted by Gasteiger charge is 2.52. The van der Waals surface area contributed by atoms with Gasteiger partial charge in [-0.1, -0.05) is 74.8 Å². The molecule has 6 heteroatoms. The summed E-state index contributed by atoms with van der Waals surface area (Å²) < 4.78 is 5.57. The van der Waals surface area contributed by atoms with Crippen molar-refractivity contribution in [3.05, 3.63) is 70.7 Å². The molecule has 0 aliphatic heterocycles. The molecule has 2 aromatic rings. The number of halogens is 1. The summed E-state index contributed by atoms with van der Waals surface area (Å²) in [6.45, 7) is 5.01. The zero-order chi connectivity index (χ0) is 20.9. The Bertz CT molecular complexity index is 821. The van der Waals surface area contributed by atoms with E-state index in [9.17, 15) is 19.8 Å². The maximum absolute atomic E-state index is 12.8. The first-order valence-corrected chi connectivity index (χ1v) is 9.50. The standard InChI is InChI=1S/C22H25ClO5/c1-14(2)15(3)22(27,20(24)25)21(26)28-19(17-9-5-4-6-10-17)13-16-8-7-11-18(23)12-16/h4-12,14-15,19,27H,13H2,1-3H3,(H,24,25)/t15?,19?,22-/m0/s1. The van der Waals surface area contributed by atoms with Gasteiger partial charge in [-0.15, -0.1) is 0 Å². The molecule has 0 heterocycles. The first kappa shape index (κ1) is 21.9. The van der Waals surface area contributed by atoms with E-state index >= 15 is 0 Å². The number of hydrogen-bond acceptors (Lipinski definition) is 4.